The third-order valence-electron chi connectivity index (χ3n) is 4.74. The fraction of sp³-hybridized carbons (Fsp3) is 0.706. The summed E-state index contributed by atoms with van der Waals surface area (Å²) >= 11 is 0. The van der Waals surface area contributed by atoms with E-state index in [0.717, 1.165) is 37.7 Å². The van der Waals surface area contributed by atoms with E-state index in [1.807, 2.05) is 6.92 Å². The Morgan fingerprint density at radius 1 is 1.17 bits per heavy atom. The van der Waals surface area contributed by atoms with Crippen LogP contribution < -0.4 is 10.2 Å². The van der Waals surface area contributed by atoms with Gasteiger partial charge in [-0.3, -0.25) is 4.79 Å². The van der Waals surface area contributed by atoms with Crippen molar-refractivity contribution in [2.75, 3.05) is 44.2 Å². The van der Waals surface area contributed by atoms with Crippen molar-refractivity contribution in [2.45, 2.75) is 39.0 Å². The fourth-order valence-electron chi connectivity index (χ4n) is 3.35. The zero-order valence-electron chi connectivity index (χ0n) is 14.1. The second-order valence-electron chi connectivity index (χ2n) is 6.52. The summed E-state index contributed by atoms with van der Waals surface area (Å²) in [6, 6.07) is 0. The number of nitrogens with one attached hydrogen (secondary N) is 1. The Bertz CT molecular complexity index is 536. The first kappa shape index (κ1) is 16.2. The molecule has 1 aromatic heterocycles. The molecular weight excluding hydrogens is 290 g/mol. The number of rotatable bonds is 6. The lowest BCUT2D eigenvalue weighted by Gasteiger charge is -2.16. The summed E-state index contributed by atoms with van der Waals surface area (Å²) in [5.74, 6) is 0.697. The van der Waals surface area contributed by atoms with E-state index in [9.17, 15) is 4.79 Å². The molecule has 0 saturated carbocycles. The molecule has 0 atom stereocenters. The van der Waals surface area contributed by atoms with E-state index in [4.69, 9.17) is 0 Å². The zero-order chi connectivity index (χ0) is 16.1. The SMILES string of the molecule is Cc1nc(N2CCCC2)ncc1C(=O)NCCCN1CCCC1. The van der Waals surface area contributed by atoms with Gasteiger partial charge in [0.05, 0.1) is 11.3 Å². The molecule has 23 heavy (non-hydrogen) atoms. The first-order chi connectivity index (χ1) is 11.2. The van der Waals surface area contributed by atoms with Crippen molar-refractivity contribution in [2.24, 2.45) is 0 Å². The second kappa shape index (κ2) is 7.73. The second-order valence-corrected chi connectivity index (χ2v) is 6.52. The number of hydrogen-bond acceptors (Lipinski definition) is 5. The van der Waals surface area contributed by atoms with Gasteiger partial charge in [-0.25, -0.2) is 9.97 Å². The van der Waals surface area contributed by atoms with Crippen molar-refractivity contribution in [3.63, 3.8) is 0 Å². The van der Waals surface area contributed by atoms with E-state index in [1.54, 1.807) is 6.20 Å². The van der Waals surface area contributed by atoms with Gasteiger partial charge in [-0.05, 0) is 58.7 Å². The number of aromatic nitrogens is 2. The number of hydrogen-bond donors (Lipinski definition) is 1. The highest BCUT2D eigenvalue weighted by atomic mass is 16.1. The van der Waals surface area contributed by atoms with Crippen LogP contribution in [0, 0.1) is 6.92 Å². The predicted octanol–water partition coefficient (Wildman–Crippen LogP) is 1.60. The summed E-state index contributed by atoms with van der Waals surface area (Å²) in [7, 11) is 0. The maximum Gasteiger partial charge on any atom is 0.254 e. The summed E-state index contributed by atoms with van der Waals surface area (Å²) in [4.78, 5) is 25.8. The molecule has 0 aromatic carbocycles. The number of anilines is 1. The molecule has 6 nitrogen and oxygen atoms in total. The predicted molar refractivity (Wildman–Crippen MR) is 90.8 cm³/mol. The summed E-state index contributed by atoms with van der Waals surface area (Å²) in [5, 5.41) is 2.99. The van der Waals surface area contributed by atoms with Crippen molar-refractivity contribution in [3.8, 4) is 0 Å². The van der Waals surface area contributed by atoms with Gasteiger partial charge in [0.25, 0.3) is 5.91 Å². The molecule has 0 spiro atoms. The largest absolute Gasteiger partial charge is 0.352 e. The Labute approximate surface area is 138 Å². The highest BCUT2D eigenvalue weighted by Gasteiger charge is 2.18. The van der Waals surface area contributed by atoms with E-state index < -0.39 is 0 Å². The van der Waals surface area contributed by atoms with Crippen LogP contribution in [0.25, 0.3) is 0 Å². The monoisotopic (exact) mass is 317 g/mol. The first-order valence-corrected chi connectivity index (χ1v) is 8.83. The maximum atomic E-state index is 12.3. The number of carbonyl (C=O) groups is 1. The highest BCUT2D eigenvalue weighted by molar-refractivity contribution is 5.94. The molecule has 0 bridgehead atoms. The topological polar surface area (TPSA) is 61.4 Å². The van der Waals surface area contributed by atoms with Gasteiger partial charge in [-0.2, -0.15) is 0 Å². The normalized spacial score (nSPS) is 18.6. The summed E-state index contributed by atoms with van der Waals surface area (Å²) in [6.07, 6.45) is 7.69. The molecule has 1 amide bonds. The lowest BCUT2D eigenvalue weighted by molar-refractivity contribution is 0.0950. The minimum Gasteiger partial charge on any atom is -0.352 e. The van der Waals surface area contributed by atoms with Gasteiger partial charge >= 0.3 is 0 Å². The van der Waals surface area contributed by atoms with Gasteiger partial charge in [0, 0.05) is 25.8 Å². The van der Waals surface area contributed by atoms with Crippen molar-refractivity contribution >= 4 is 11.9 Å². The van der Waals surface area contributed by atoms with Crippen molar-refractivity contribution in [3.05, 3.63) is 17.5 Å². The van der Waals surface area contributed by atoms with Gasteiger partial charge in [-0.1, -0.05) is 0 Å². The Morgan fingerprint density at radius 3 is 2.57 bits per heavy atom. The van der Waals surface area contributed by atoms with E-state index in [0.29, 0.717) is 12.1 Å². The first-order valence-electron chi connectivity index (χ1n) is 8.83. The van der Waals surface area contributed by atoms with Crippen LogP contribution in [0.3, 0.4) is 0 Å². The molecular formula is C17H27N5O. The minimum atomic E-state index is -0.0584. The number of nitrogens with zero attached hydrogens (tertiary/aromatic N) is 4. The number of carbonyl (C=O) groups excluding carboxylic acids is 1. The molecule has 3 heterocycles. The van der Waals surface area contributed by atoms with Crippen molar-refractivity contribution in [1.29, 1.82) is 0 Å². The van der Waals surface area contributed by atoms with Crippen LogP contribution in [0.15, 0.2) is 6.20 Å². The molecule has 0 radical (unpaired) electrons. The quantitative estimate of drug-likeness (QED) is 0.808. The molecule has 1 aromatic rings. The average Bonchev–Trinajstić information content (AvgIpc) is 3.24. The highest BCUT2D eigenvalue weighted by Crippen LogP contribution is 2.16. The van der Waals surface area contributed by atoms with Gasteiger partial charge in [-0.15, -0.1) is 0 Å². The maximum absolute atomic E-state index is 12.3. The Morgan fingerprint density at radius 2 is 1.87 bits per heavy atom. The smallest absolute Gasteiger partial charge is 0.254 e. The molecule has 6 heteroatoms. The molecule has 3 rings (SSSR count). The summed E-state index contributed by atoms with van der Waals surface area (Å²) < 4.78 is 0. The molecule has 126 valence electrons. The Kier molecular flexibility index (Phi) is 5.43. The van der Waals surface area contributed by atoms with Crippen molar-refractivity contribution < 1.29 is 4.79 Å². The lowest BCUT2D eigenvalue weighted by Crippen LogP contribution is -2.29. The number of aryl methyl sites for hydroxylation is 1. The molecule has 0 unspecified atom stereocenters. The van der Waals surface area contributed by atoms with Gasteiger partial charge in [0.15, 0.2) is 0 Å². The average molecular weight is 317 g/mol. The molecule has 2 aliphatic rings. The van der Waals surface area contributed by atoms with E-state index in [2.05, 4.69) is 25.1 Å². The lowest BCUT2D eigenvalue weighted by atomic mass is 10.2. The van der Waals surface area contributed by atoms with Crippen LogP contribution in [0.4, 0.5) is 5.95 Å². The molecule has 2 saturated heterocycles. The Hall–Kier alpha value is -1.69. The molecule has 0 aliphatic carbocycles. The van der Waals surface area contributed by atoms with Crippen LogP contribution >= 0.6 is 0 Å². The van der Waals surface area contributed by atoms with Gasteiger partial charge in [0.1, 0.15) is 0 Å². The van der Waals surface area contributed by atoms with E-state index in [1.165, 1.54) is 38.8 Å². The summed E-state index contributed by atoms with van der Waals surface area (Å²) in [5.41, 5.74) is 1.35. The van der Waals surface area contributed by atoms with E-state index >= 15 is 0 Å². The molecule has 2 aliphatic heterocycles. The number of amides is 1. The third kappa shape index (κ3) is 4.19. The molecule has 2 fully saturated rings. The zero-order valence-corrected chi connectivity index (χ0v) is 14.1. The molecule has 1 N–H and O–H groups in total. The summed E-state index contributed by atoms with van der Waals surface area (Å²) in [6.45, 7) is 8.12. The minimum absolute atomic E-state index is 0.0584. The Balaban J connectivity index is 1.48. The van der Waals surface area contributed by atoms with Crippen LogP contribution in [0.2, 0.25) is 0 Å². The van der Waals surface area contributed by atoms with Crippen LogP contribution in [0.5, 0.6) is 0 Å². The van der Waals surface area contributed by atoms with E-state index in [-0.39, 0.29) is 5.91 Å². The van der Waals surface area contributed by atoms with Crippen LogP contribution in [-0.4, -0.2) is 60.0 Å². The van der Waals surface area contributed by atoms with Crippen LogP contribution in [0.1, 0.15) is 48.2 Å². The van der Waals surface area contributed by atoms with Gasteiger partial charge in [0.2, 0.25) is 5.95 Å². The standard InChI is InChI=1S/C17H27N5O/c1-14-15(13-19-17(20-14)22-11-4-5-12-22)16(23)18-7-6-10-21-8-2-3-9-21/h13H,2-12H2,1H3,(H,18,23). The van der Waals surface area contributed by atoms with Gasteiger partial charge < -0.3 is 15.1 Å². The fourth-order valence-corrected chi connectivity index (χ4v) is 3.35. The number of likely N-dealkylation sites (tertiary alicyclic amines) is 1. The van der Waals surface area contributed by atoms with Crippen LogP contribution in [-0.2, 0) is 0 Å². The van der Waals surface area contributed by atoms with Crippen molar-refractivity contribution in [1.82, 2.24) is 20.2 Å². The third-order valence-corrected chi connectivity index (χ3v) is 4.74.